The summed E-state index contributed by atoms with van der Waals surface area (Å²) in [5.74, 6) is 0.534. The Labute approximate surface area is 285 Å². The number of para-hydroxylation sites is 1. The monoisotopic (exact) mass is 706 g/mol. The van der Waals surface area contributed by atoms with E-state index in [-0.39, 0.29) is 24.5 Å². The summed E-state index contributed by atoms with van der Waals surface area (Å²) in [5.41, 5.74) is 2.98. The number of thioether (sulfide) groups is 1. The second-order valence-electron chi connectivity index (χ2n) is 13.0. The van der Waals surface area contributed by atoms with Crippen LogP contribution >= 0.6 is 11.8 Å². The van der Waals surface area contributed by atoms with Gasteiger partial charge in [-0.2, -0.15) is 22.6 Å². The summed E-state index contributed by atoms with van der Waals surface area (Å²) >= 11 is 1.20. The Balaban J connectivity index is 1.21. The molecular formula is C34H45F3N6O3S2. The maximum atomic E-state index is 14.1. The molecule has 6 rings (SSSR count). The summed E-state index contributed by atoms with van der Waals surface area (Å²) in [7, 11) is -3.50. The number of anilines is 1. The van der Waals surface area contributed by atoms with E-state index in [9.17, 15) is 26.7 Å². The van der Waals surface area contributed by atoms with Gasteiger partial charge in [-0.3, -0.25) is 9.58 Å². The van der Waals surface area contributed by atoms with Crippen molar-refractivity contribution >= 4 is 27.5 Å². The quantitative estimate of drug-likeness (QED) is 0.289. The molecule has 0 saturated carbocycles. The second-order valence-corrected chi connectivity index (χ2v) is 16.2. The number of hydrogen-bond acceptors (Lipinski definition) is 8. The highest BCUT2D eigenvalue weighted by atomic mass is 32.2. The number of benzene rings is 2. The number of piperazine rings is 1. The minimum absolute atomic E-state index is 0.0828. The van der Waals surface area contributed by atoms with E-state index in [2.05, 4.69) is 26.8 Å². The number of fused-ring (bicyclic) bond motifs is 1. The standard InChI is InChI=1S/C34H45F3N6O3S2/c1-48(45,46)42-15-12-31-29(25-42)33(26-10-11-30(34(35,36)37)32(22-26)47-21-20-39-13-6-3-7-14-39)38-43(31)24-28(44)23-40-16-18-41(19-17-40)27-8-4-2-5-9-27/h2,4-5,8-11,22,28,44H,3,6-7,12-21,23-25H2,1H3. The van der Waals surface area contributed by atoms with Crippen LogP contribution in [-0.4, -0.2) is 114 Å². The first-order chi connectivity index (χ1) is 23.0. The largest absolute Gasteiger partial charge is 0.417 e. The third-order valence-corrected chi connectivity index (χ3v) is 11.9. The zero-order chi connectivity index (χ0) is 33.9. The molecule has 1 unspecified atom stereocenters. The lowest BCUT2D eigenvalue weighted by Crippen LogP contribution is -2.49. The third-order valence-electron chi connectivity index (χ3n) is 9.59. The van der Waals surface area contributed by atoms with Crippen LogP contribution in [0.2, 0.25) is 0 Å². The van der Waals surface area contributed by atoms with Crippen LogP contribution in [0.3, 0.4) is 0 Å². The molecule has 14 heteroatoms. The Morgan fingerprint density at radius 3 is 2.33 bits per heavy atom. The number of aliphatic hydroxyl groups is 1. The molecule has 0 bridgehead atoms. The van der Waals surface area contributed by atoms with E-state index >= 15 is 0 Å². The predicted molar refractivity (Wildman–Crippen MR) is 184 cm³/mol. The maximum Gasteiger partial charge on any atom is 0.417 e. The molecule has 2 fully saturated rings. The van der Waals surface area contributed by atoms with Gasteiger partial charge in [0.15, 0.2) is 0 Å². The molecule has 1 atom stereocenters. The van der Waals surface area contributed by atoms with Crippen molar-refractivity contribution in [2.45, 2.75) is 55.9 Å². The Bertz CT molecular complexity index is 1640. The lowest BCUT2D eigenvalue weighted by atomic mass is 10.0. The zero-order valence-electron chi connectivity index (χ0n) is 27.4. The van der Waals surface area contributed by atoms with E-state index in [0.717, 1.165) is 70.4 Å². The number of piperidine rings is 1. The fraction of sp³-hybridized carbons (Fsp3) is 0.559. The van der Waals surface area contributed by atoms with Gasteiger partial charge in [0.25, 0.3) is 0 Å². The number of aromatic nitrogens is 2. The molecule has 48 heavy (non-hydrogen) atoms. The smallest absolute Gasteiger partial charge is 0.390 e. The van der Waals surface area contributed by atoms with Gasteiger partial charge < -0.3 is 14.9 Å². The van der Waals surface area contributed by atoms with E-state index in [0.29, 0.717) is 35.5 Å². The molecule has 0 aliphatic carbocycles. The lowest BCUT2D eigenvalue weighted by Gasteiger charge is -2.37. The highest BCUT2D eigenvalue weighted by Crippen LogP contribution is 2.40. The zero-order valence-corrected chi connectivity index (χ0v) is 29.0. The number of halogens is 3. The van der Waals surface area contributed by atoms with Crippen molar-refractivity contribution in [3.05, 3.63) is 65.4 Å². The number of alkyl halides is 3. The van der Waals surface area contributed by atoms with Gasteiger partial charge in [-0.25, -0.2) is 8.42 Å². The van der Waals surface area contributed by atoms with Crippen LogP contribution in [-0.2, 0) is 35.7 Å². The average Bonchev–Trinajstić information content (AvgIpc) is 3.42. The number of hydrogen-bond donors (Lipinski definition) is 1. The van der Waals surface area contributed by atoms with E-state index in [4.69, 9.17) is 5.10 Å². The van der Waals surface area contributed by atoms with Gasteiger partial charge >= 0.3 is 6.18 Å². The lowest BCUT2D eigenvalue weighted by molar-refractivity contribution is -0.139. The third kappa shape index (κ3) is 8.56. The molecule has 0 radical (unpaired) electrons. The van der Waals surface area contributed by atoms with Crippen LogP contribution in [0.5, 0.6) is 0 Å². The predicted octanol–water partition coefficient (Wildman–Crippen LogP) is 4.65. The number of β-amino-alcohol motifs (C(OH)–C–C–N with tert-alkyl or cyclic N) is 1. The number of likely N-dealkylation sites (tertiary alicyclic amines) is 1. The van der Waals surface area contributed by atoms with Gasteiger partial charge in [0.1, 0.15) is 0 Å². The van der Waals surface area contributed by atoms with Crippen molar-refractivity contribution < 1.29 is 26.7 Å². The molecule has 9 nitrogen and oxygen atoms in total. The number of nitrogens with zero attached hydrogens (tertiary/aromatic N) is 6. The van der Waals surface area contributed by atoms with Crippen molar-refractivity contribution in [1.82, 2.24) is 23.9 Å². The summed E-state index contributed by atoms with van der Waals surface area (Å²) in [4.78, 5) is 7.01. The van der Waals surface area contributed by atoms with Gasteiger partial charge in [-0.05, 0) is 50.2 Å². The molecule has 0 amide bonds. The summed E-state index contributed by atoms with van der Waals surface area (Å²) in [5, 5.41) is 16.1. The molecule has 0 spiro atoms. The fourth-order valence-electron chi connectivity index (χ4n) is 7.01. The second kappa shape index (κ2) is 15.1. The fourth-order valence-corrected chi connectivity index (χ4v) is 8.91. The van der Waals surface area contributed by atoms with Crippen molar-refractivity contribution in [2.24, 2.45) is 0 Å². The summed E-state index contributed by atoms with van der Waals surface area (Å²) < 4.78 is 70.6. The van der Waals surface area contributed by atoms with Gasteiger partial charge in [0, 0.05) is 91.9 Å². The molecule has 3 aromatic rings. The first-order valence-corrected chi connectivity index (χ1v) is 19.6. The van der Waals surface area contributed by atoms with Gasteiger partial charge in [0.2, 0.25) is 10.0 Å². The SMILES string of the molecule is CS(=O)(=O)N1CCc2c(c(-c3ccc(C(F)(F)F)c(SCCN4CCCCC4)c3)nn2CC(O)CN2CCN(c3ccccc3)CC2)C1. The summed E-state index contributed by atoms with van der Waals surface area (Å²) in [6.45, 7) is 7.02. The minimum Gasteiger partial charge on any atom is -0.390 e. The maximum absolute atomic E-state index is 14.1. The van der Waals surface area contributed by atoms with Crippen LogP contribution < -0.4 is 4.90 Å². The molecule has 1 N–H and O–H groups in total. The van der Waals surface area contributed by atoms with Crippen molar-refractivity contribution in [3.8, 4) is 11.3 Å². The average molecular weight is 707 g/mol. The first-order valence-electron chi connectivity index (χ1n) is 16.8. The Morgan fingerprint density at radius 1 is 0.917 bits per heavy atom. The molecule has 262 valence electrons. The highest BCUT2D eigenvalue weighted by Gasteiger charge is 2.35. The Kier molecular flexibility index (Phi) is 11.1. The normalized spacial score (nSPS) is 19.4. The van der Waals surface area contributed by atoms with Crippen LogP contribution in [0.4, 0.5) is 18.9 Å². The van der Waals surface area contributed by atoms with E-state index < -0.39 is 27.9 Å². The van der Waals surface area contributed by atoms with E-state index in [1.54, 1.807) is 10.7 Å². The number of aliphatic hydroxyl groups excluding tert-OH is 1. The number of rotatable bonds is 11. The molecular weight excluding hydrogens is 662 g/mol. The van der Waals surface area contributed by atoms with Crippen molar-refractivity contribution in [3.63, 3.8) is 0 Å². The van der Waals surface area contributed by atoms with Crippen LogP contribution in [0.1, 0.15) is 36.1 Å². The Hall–Kier alpha value is -2.62. The highest BCUT2D eigenvalue weighted by molar-refractivity contribution is 7.99. The summed E-state index contributed by atoms with van der Waals surface area (Å²) in [6.07, 6.45) is -0.243. The molecule has 2 aromatic carbocycles. The van der Waals surface area contributed by atoms with Crippen LogP contribution in [0, 0.1) is 0 Å². The first kappa shape index (κ1) is 35.2. The van der Waals surface area contributed by atoms with Crippen molar-refractivity contribution in [2.75, 3.05) is 75.8 Å². The topological polar surface area (TPSA) is 85.1 Å². The Morgan fingerprint density at radius 2 is 1.65 bits per heavy atom. The minimum atomic E-state index is -4.51. The van der Waals surface area contributed by atoms with Gasteiger partial charge in [-0.1, -0.05) is 30.7 Å². The molecule has 4 heterocycles. The molecule has 1 aromatic heterocycles. The van der Waals surface area contributed by atoms with E-state index in [1.807, 2.05) is 18.2 Å². The van der Waals surface area contributed by atoms with Crippen LogP contribution in [0.15, 0.2) is 53.4 Å². The van der Waals surface area contributed by atoms with E-state index in [1.165, 1.54) is 40.5 Å². The van der Waals surface area contributed by atoms with Crippen LogP contribution in [0.25, 0.3) is 11.3 Å². The van der Waals surface area contributed by atoms with Gasteiger partial charge in [0.05, 0.1) is 30.2 Å². The molecule has 3 aliphatic rings. The molecule has 3 aliphatic heterocycles. The van der Waals surface area contributed by atoms with Crippen molar-refractivity contribution in [1.29, 1.82) is 0 Å². The number of sulfonamides is 1. The molecule has 2 saturated heterocycles. The van der Waals surface area contributed by atoms with Gasteiger partial charge in [-0.15, -0.1) is 11.8 Å². The summed E-state index contributed by atoms with van der Waals surface area (Å²) in [6, 6.07) is 14.4.